The van der Waals surface area contributed by atoms with Crippen molar-refractivity contribution < 1.29 is 14.1 Å². The molecule has 1 aliphatic heterocycles. The Morgan fingerprint density at radius 2 is 1.87 bits per heavy atom. The number of aliphatic imine (C=N–C) groups is 1. The average molecular weight is 553 g/mol. The molecule has 3 aromatic rings. The zero-order valence-corrected chi connectivity index (χ0v) is 22.6. The van der Waals surface area contributed by atoms with Crippen LogP contribution in [0.1, 0.15) is 49.1 Å². The molecule has 5 rings (SSSR count). The number of nitro benzene ring substituents is 1. The second-order valence-corrected chi connectivity index (χ2v) is 10.9. The molecule has 0 atom stereocenters. The normalized spacial score (nSPS) is 18.6. The summed E-state index contributed by atoms with van der Waals surface area (Å²) in [5.74, 6) is -0.571. The van der Waals surface area contributed by atoms with Crippen LogP contribution in [0.25, 0.3) is 11.8 Å². The van der Waals surface area contributed by atoms with Crippen molar-refractivity contribution in [2.75, 3.05) is 0 Å². The van der Waals surface area contributed by atoms with Crippen LogP contribution in [0.2, 0.25) is 5.02 Å². The van der Waals surface area contributed by atoms with Gasteiger partial charge in [0.1, 0.15) is 16.5 Å². The van der Waals surface area contributed by atoms with Crippen molar-refractivity contribution in [2.24, 2.45) is 4.99 Å². The lowest BCUT2D eigenvalue weighted by atomic mass is 9.94. The Morgan fingerprint density at radius 3 is 2.58 bits per heavy atom. The van der Waals surface area contributed by atoms with Crippen LogP contribution in [0.4, 0.5) is 15.8 Å². The fraction of sp³-hybridized carbons (Fsp3) is 0.286. The van der Waals surface area contributed by atoms with Crippen LogP contribution in [-0.4, -0.2) is 31.5 Å². The first-order valence-electron chi connectivity index (χ1n) is 12.4. The van der Waals surface area contributed by atoms with Gasteiger partial charge in [-0.05, 0) is 80.4 Å². The van der Waals surface area contributed by atoms with Gasteiger partial charge >= 0.3 is 0 Å². The first-order valence-corrected chi connectivity index (χ1v) is 13.6. The van der Waals surface area contributed by atoms with E-state index in [0.29, 0.717) is 15.8 Å². The Bertz CT molecular complexity index is 1490. The standard InChI is InChI=1S/C28H26ClFN4O3S/c1-17-14-19(18(2)32(17)21-12-13-22(29)25(16-21)34(36)37)15-26-27(35)33(20-8-4-3-5-9-20)28(38-26)31-24-11-7-6-10-23(24)30/h6-7,10-16,20H,3-5,8-9H2,1-2H3. The number of thioether (sulfide) groups is 1. The number of aromatic nitrogens is 1. The molecule has 7 nitrogen and oxygen atoms in total. The number of hydrogen-bond donors (Lipinski definition) is 0. The zero-order valence-electron chi connectivity index (χ0n) is 21.0. The van der Waals surface area contributed by atoms with E-state index in [-0.39, 0.29) is 28.3 Å². The van der Waals surface area contributed by atoms with Gasteiger partial charge < -0.3 is 4.57 Å². The maximum atomic E-state index is 14.4. The Hall–Kier alpha value is -3.43. The molecule has 2 aliphatic rings. The number of benzene rings is 2. The fourth-order valence-corrected chi connectivity index (χ4v) is 6.35. The number of carbonyl (C=O) groups is 1. The second kappa shape index (κ2) is 10.7. The highest BCUT2D eigenvalue weighted by molar-refractivity contribution is 8.18. The number of para-hydroxylation sites is 1. The van der Waals surface area contributed by atoms with Crippen molar-refractivity contribution in [2.45, 2.75) is 52.0 Å². The number of rotatable bonds is 5. The average Bonchev–Trinajstić information content (AvgIpc) is 3.35. The number of amides is 1. The van der Waals surface area contributed by atoms with Crippen LogP contribution >= 0.6 is 23.4 Å². The third-order valence-corrected chi connectivity index (χ3v) is 8.29. The van der Waals surface area contributed by atoms with Gasteiger partial charge in [0.2, 0.25) is 0 Å². The van der Waals surface area contributed by atoms with E-state index in [1.54, 1.807) is 29.2 Å². The summed E-state index contributed by atoms with van der Waals surface area (Å²) in [4.78, 5) is 31.4. The summed E-state index contributed by atoms with van der Waals surface area (Å²) < 4.78 is 16.3. The monoisotopic (exact) mass is 552 g/mol. The minimum Gasteiger partial charge on any atom is -0.318 e. The van der Waals surface area contributed by atoms with Gasteiger partial charge in [-0.1, -0.05) is 43.0 Å². The molecule has 1 amide bonds. The fourth-order valence-electron chi connectivity index (χ4n) is 5.12. The molecule has 1 saturated heterocycles. The number of carbonyl (C=O) groups excluding carboxylic acids is 1. The molecule has 1 aliphatic carbocycles. The lowest BCUT2D eigenvalue weighted by molar-refractivity contribution is -0.384. The molecule has 2 aromatic carbocycles. The Balaban J connectivity index is 1.54. The first-order chi connectivity index (χ1) is 18.2. The van der Waals surface area contributed by atoms with Crippen LogP contribution in [0.5, 0.6) is 0 Å². The second-order valence-electron chi connectivity index (χ2n) is 9.48. The SMILES string of the molecule is Cc1cc(C=C2SC(=Nc3ccccc3F)N(C3CCCCC3)C2=O)c(C)n1-c1ccc(Cl)c([N+](=O)[O-])c1. The predicted octanol–water partition coefficient (Wildman–Crippen LogP) is 7.73. The highest BCUT2D eigenvalue weighted by Gasteiger charge is 2.39. The van der Waals surface area contributed by atoms with Crippen LogP contribution < -0.4 is 0 Å². The molecule has 1 saturated carbocycles. The van der Waals surface area contributed by atoms with Gasteiger partial charge in [-0.25, -0.2) is 9.38 Å². The van der Waals surface area contributed by atoms with E-state index >= 15 is 0 Å². The highest BCUT2D eigenvalue weighted by Crippen LogP contribution is 2.39. The number of amidine groups is 1. The van der Waals surface area contributed by atoms with E-state index in [4.69, 9.17) is 11.6 Å². The number of nitrogens with zero attached hydrogens (tertiary/aromatic N) is 4. The summed E-state index contributed by atoms with van der Waals surface area (Å²) in [5.41, 5.74) is 3.13. The van der Waals surface area contributed by atoms with Crippen LogP contribution in [0, 0.1) is 29.8 Å². The van der Waals surface area contributed by atoms with E-state index in [0.717, 1.165) is 49.1 Å². The molecule has 0 bridgehead atoms. The molecule has 38 heavy (non-hydrogen) atoms. The number of aryl methyl sites for hydroxylation is 1. The molecule has 0 radical (unpaired) electrons. The largest absolute Gasteiger partial charge is 0.318 e. The summed E-state index contributed by atoms with van der Waals surface area (Å²) in [6, 6.07) is 12.9. The third-order valence-electron chi connectivity index (χ3n) is 6.99. The van der Waals surface area contributed by atoms with Gasteiger partial charge in [0.25, 0.3) is 11.6 Å². The lowest BCUT2D eigenvalue weighted by Gasteiger charge is -2.30. The van der Waals surface area contributed by atoms with E-state index in [1.165, 1.54) is 30.0 Å². The van der Waals surface area contributed by atoms with Crippen LogP contribution in [0.15, 0.2) is 58.4 Å². The molecule has 196 valence electrons. The highest BCUT2D eigenvalue weighted by atomic mass is 35.5. The van der Waals surface area contributed by atoms with E-state index in [2.05, 4.69) is 4.99 Å². The van der Waals surface area contributed by atoms with Crippen LogP contribution in [-0.2, 0) is 4.79 Å². The van der Waals surface area contributed by atoms with Crippen molar-refractivity contribution in [1.82, 2.24) is 9.47 Å². The van der Waals surface area contributed by atoms with Crippen molar-refractivity contribution in [3.8, 4) is 5.69 Å². The summed E-state index contributed by atoms with van der Waals surface area (Å²) in [6.07, 6.45) is 6.83. The maximum absolute atomic E-state index is 14.4. The smallest absolute Gasteiger partial charge is 0.289 e. The number of hydrogen-bond acceptors (Lipinski definition) is 5. The topological polar surface area (TPSA) is 80.7 Å². The Morgan fingerprint density at radius 1 is 1.13 bits per heavy atom. The van der Waals surface area contributed by atoms with Gasteiger partial charge in [-0.3, -0.25) is 19.8 Å². The molecule has 1 aromatic heterocycles. The van der Waals surface area contributed by atoms with Crippen molar-refractivity contribution in [3.05, 3.63) is 91.3 Å². The summed E-state index contributed by atoms with van der Waals surface area (Å²) >= 11 is 7.26. The summed E-state index contributed by atoms with van der Waals surface area (Å²) in [5, 5.41) is 12.0. The van der Waals surface area contributed by atoms with Crippen molar-refractivity contribution in [1.29, 1.82) is 0 Å². The maximum Gasteiger partial charge on any atom is 0.289 e. The van der Waals surface area contributed by atoms with E-state index in [1.807, 2.05) is 30.6 Å². The zero-order chi connectivity index (χ0) is 27.0. The minimum atomic E-state index is -0.507. The van der Waals surface area contributed by atoms with E-state index in [9.17, 15) is 19.3 Å². The summed E-state index contributed by atoms with van der Waals surface area (Å²) in [6.45, 7) is 3.80. The Kier molecular flexibility index (Phi) is 7.40. The van der Waals surface area contributed by atoms with Crippen LogP contribution in [0.3, 0.4) is 0 Å². The van der Waals surface area contributed by atoms with Gasteiger partial charge in [-0.2, -0.15) is 0 Å². The molecular weight excluding hydrogens is 527 g/mol. The molecule has 0 spiro atoms. The van der Waals surface area contributed by atoms with Gasteiger partial charge in [0.05, 0.1) is 15.5 Å². The third kappa shape index (κ3) is 5.00. The number of halogens is 2. The van der Waals surface area contributed by atoms with Crippen molar-refractivity contribution >= 4 is 51.9 Å². The molecule has 0 unspecified atom stereocenters. The molecule has 2 fully saturated rings. The molecule has 2 heterocycles. The number of nitro groups is 1. The van der Waals surface area contributed by atoms with Gasteiger partial charge in [-0.15, -0.1) is 0 Å². The first kappa shape index (κ1) is 26.2. The van der Waals surface area contributed by atoms with E-state index < -0.39 is 10.7 Å². The lowest BCUT2D eigenvalue weighted by Crippen LogP contribution is -2.40. The molecular formula is C28H26ClFN4O3S. The molecule has 10 heteroatoms. The Labute approximate surface area is 229 Å². The summed E-state index contributed by atoms with van der Waals surface area (Å²) in [7, 11) is 0. The molecule has 0 N–H and O–H groups in total. The predicted molar refractivity (Wildman–Crippen MR) is 150 cm³/mol. The quantitative estimate of drug-likeness (QED) is 0.184. The van der Waals surface area contributed by atoms with Gasteiger partial charge in [0.15, 0.2) is 5.17 Å². The van der Waals surface area contributed by atoms with Crippen molar-refractivity contribution in [3.63, 3.8) is 0 Å². The van der Waals surface area contributed by atoms with Gasteiger partial charge in [0, 0.05) is 23.5 Å². The minimum absolute atomic E-state index is 0.0298.